The van der Waals surface area contributed by atoms with Crippen LogP contribution in [0.15, 0.2) is 66.7 Å². The molecule has 37 heavy (non-hydrogen) atoms. The fourth-order valence-electron chi connectivity index (χ4n) is 5.88. The minimum Gasteiger partial charge on any atom is -0.508 e. The predicted octanol–water partition coefficient (Wildman–Crippen LogP) is 4.70. The number of nitrogens with one attached hydrogen (secondary N) is 1. The molecule has 0 spiro atoms. The van der Waals surface area contributed by atoms with Gasteiger partial charge in [0.05, 0.1) is 6.54 Å². The van der Waals surface area contributed by atoms with Crippen molar-refractivity contribution in [2.24, 2.45) is 5.92 Å². The Morgan fingerprint density at radius 3 is 2.49 bits per heavy atom. The second-order valence-electron chi connectivity index (χ2n) is 10.0. The number of fused-ring (bicyclic) bond motifs is 1. The summed E-state index contributed by atoms with van der Waals surface area (Å²) in [6, 6.07) is 21.6. The number of imide groups is 1. The van der Waals surface area contributed by atoms with E-state index in [2.05, 4.69) is 46.3 Å². The summed E-state index contributed by atoms with van der Waals surface area (Å²) >= 11 is 0. The molecular weight excluding hydrogens is 462 g/mol. The topological polar surface area (TPSA) is 72.9 Å². The Balaban J connectivity index is 1.34. The van der Waals surface area contributed by atoms with Gasteiger partial charge in [0.2, 0.25) is 0 Å². The zero-order valence-electron chi connectivity index (χ0n) is 21.2. The minimum atomic E-state index is -0.921. The number of carbonyl (C=O) groups excluding carboxylic acids is 2. The minimum absolute atomic E-state index is 0.0320. The smallest absolute Gasteiger partial charge is 0.325 e. The number of benzene rings is 3. The molecule has 3 aromatic carbocycles. The van der Waals surface area contributed by atoms with Crippen LogP contribution in [0.5, 0.6) is 5.75 Å². The molecule has 0 radical (unpaired) electrons. The van der Waals surface area contributed by atoms with Crippen molar-refractivity contribution in [1.29, 1.82) is 0 Å². The van der Waals surface area contributed by atoms with Gasteiger partial charge in [0.1, 0.15) is 11.3 Å². The summed E-state index contributed by atoms with van der Waals surface area (Å²) in [6.07, 6.45) is 2.86. The monoisotopic (exact) mass is 495 g/mol. The van der Waals surface area contributed by atoms with E-state index in [0.29, 0.717) is 25.1 Å². The maximum absolute atomic E-state index is 13.8. The van der Waals surface area contributed by atoms with E-state index in [1.54, 1.807) is 13.0 Å². The summed E-state index contributed by atoms with van der Waals surface area (Å²) in [5.74, 6) is 5.87. The number of phenols is 1. The van der Waals surface area contributed by atoms with Crippen LogP contribution in [-0.2, 0) is 17.8 Å². The zero-order chi connectivity index (χ0) is 25.8. The Morgan fingerprint density at radius 1 is 1.00 bits per heavy atom. The van der Waals surface area contributed by atoms with E-state index in [1.165, 1.54) is 4.90 Å². The van der Waals surface area contributed by atoms with E-state index in [0.717, 1.165) is 47.8 Å². The van der Waals surface area contributed by atoms with E-state index < -0.39 is 5.54 Å². The number of aromatic hydroxyl groups is 1. The number of hydrogen-bond donors (Lipinski definition) is 2. The second kappa shape index (κ2) is 10.7. The molecule has 3 amide bonds. The largest absolute Gasteiger partial charge is 0.508 e. The first-order valence-electron chi connectivity index (χ1n) is 13.0. The van der Waals surface area contributed by atoms with Crippen molar-refractivity contribution in [3.8, 4) is 17.6 Å². The maximum atomic E-state index is 13.8. The fourth-order valence-corrected chi connectivity index (χ4v) is 5.88. The number of likely N-dealkylation sites (tertiary alicyclic amines) is 1. The molecule has 2 saturated heterocycles. The highest BCUT2D eigenvalue weighted by molar-refractivity contribution is 6.07. The van der Waals surface area contributed by atoms with Crippen molar-refractivity contribution < 1.29 is 14.7 Å². The number of nitrogens with zero attached hydrogens (tertiary/aromatic N) is 2. The quantitative estimate of drug-likeness (QED) is 0.368. The lowest BCUT2D eigenvalue weighted by Gasteiger charge is -2.41. The van der Waals surface area contributed by atoms with E-state index in [9.17, 15) is 14.7 Å². The average molecular weight is 496 g/mol. The van der Waals surface area contributed by atoms with Crippen LogP contribution in [0.2, 0.25) is 0 Å². The van der Waals surface area contributed by atoms with Crippen LogP contribution in [-0.4, -0.2) is 52.0 Å². The van der Waals surface area contributed by atoms with Gasteiger partial charge in [-0.1, -0.05) is 66.6 Å². The Labute approximate surface area is 218 Å². The normalized spacial score (nSPS) is 20.6. The van der Waals surface area contributed by atoms with Crippen LogP contribution in [0.4, 0.5) is 4.79 Å². The summed E-state index contributed by atoms with van der Waals surface area (Å²) in [7, 11) is 0. The molecule has 2 aliphatic rings. The number of phenolic OH excluding ortho intramolecular Hbond substituents is 1. The highest BCUT2D eigenvalue weighted by Crippen LogP contribution is 2.38. The van der Waals surface area contributed by atoms with Crippen molar-refractivity contribution in [1.82, 2.24) is 15.1 Å². The van der Waals surface area contributed by atoms with Gasteiger partial charge in [0.15, 0.2) is 0 Å². The molecule has 0 aliphatic carbocycles. The van der Waals surface area contributed by atoms with Gasteiger partial charge in [-0.2, -0.15) is 0 Å². The first-order valence-corrected chi connectivity index (χ1v) is 13.0. The third kappa shape index (κ3) is 4.92. The first kappa shape index (κ1) is 24.9. The lowest BCUT2D eigenvalue weighted by atomic mass is 9.74. The zero-order valence-corrected chi connectivity index (χ0v) is 21.2. The van der Waals surface area contributed by atoms with Gasteiger partial charge < -0.3 is 10.4 Å². The Morgan fingerprint density at radius 2 is 1.73 bits per heavy atom. The number of amides is 3. The third-order valence-corrected chi connectivity index (χ3v) is 7.95. The highest BCUT2D eigenvalue weighted by Gasteiger charge is 2.55. The lowest BCUT2D eigenvalue weighted by molar-refractivity contribution is -0.134. The van der Waals surface area contributed by atoms with Gasteiger partial charge in [-0.25, -0.2) is 4.79 Å². The van der Waals surface area contributed by atoms with E-state index in [4.69, 9.17) is 0 Å². The van der Waals surface area contributed by atoms with Gasteiger partial charge in [-0.15, -0.1) is 5.92 Å². The average Bonchev–Trinajstić information content (AvgIpc) is 3.18. The van der Waals surface area contributed by atoms with Crippen molar-refractivity contribution in [3.63, 3.8) is 0 Å². The van der Waals surface area contributed by atoms with Crippen molar-refractivity contribution in [3.05, 3.63) is 77.9 Å². The molecule has 3 aromatic rings. The summed E-state index contributed by atoms with van der Waals surface area (Å²) < 4.78 is 0. The summed E-state index contributed by atoms with van der Waals surface area (Å²) in [4.78, 5) is 30.3. The third-order valence-electron chi connectivity index (χ3n) is 7.95. The second-order valence-corrected chi connectivity index (χ2v) is 10.0. The molecule has 0 saturated carbocycles. The standard InChI is InChI=1S/C31H33N3O3/c1-2-3-19-34-29(36)31(32-30(34)37,18-15-23-9-5-4-6-10-23)25-16-20-33(21-17-25)22-27-26-12-8-7-11-24(26)13-14-28(27)35/h4-14,25,35H,15-22H2,1H3,(H,32,37). The Kier molecular flexibility index (Phi) is 7.16. The molecule has 2 aliphatic heterocycles. The van der Waals surface area contributed by atoms with E-state index >= 15 is 0 Å². The molecule has 190 valence electrons. The summed E-state index contributed by atoms with van der Waals surface area (Å²) in [6.45, 7) is 4.06. The van der Waals surface area contributed by atoms with Gasteiger partial charge in [0, 0.05) is 12.1 Å². The number of carbonyl (C=O) groups is 2. The number of rotatable bonds is 7. The van der Waals surface area contributed by atoms with Gasteiger partial charge >= 0.3 is 6.03 Å². The van der Waals surface area contributed by atoms with Crippen molar-refractivity contribution >= 4 is 22.7 Å². The number of hydrogen-bond acceptors (Lipinski definition) is 4. The molecular formula is C31H33N3O3. The van der Waals surface area contributed by atoms with Crippen LogP contribution in [0.3, 0.4) is 0 Å². The molecule has 0 aromatic heterocycles. The fraction of sp³-hybridized carbons (Fsp3) is 0.355. The SMILES string of the molecule is CC#CCN1C(=O)NC(CCc2ccccc2)(C2CCN(Cc3c(O)ccc4ccccc34)CC2)C1=O. The highest BCUT2D eigenvalue weighted by atomic mass is 16.3. The van der Waals surface area contributed by atoms with Crippen molar-refractivity contribution in [2.45, 2.75) is 44.7 Å². The molecule has 5 rings (SSSR count). The maximum Gasteiger partial charge on any atom is 0.325 e. The van der Waals surface area contributed by atoms with Gasteiger partial charge in [-0.05, 0) is 74.0 Å². The lowest BCUT2D eigenvalue weighted by Crippen LogP contribution is -2.56. The number of aryl methyl sites for hydroxylation is 1. The molecule has 2 heterocycles. The Bertz CT molecular complexity index is 1350. The number of piperidine rings is 1. The van der Waals surface area contributed by atoms with Crippen molar-refractivity contribution in [2.75, 3.05) is 19.6 Å². The molecule has 2 fully saturated rings. The van der Waals surface area contributed by atoms with Crippen LogP contribution in [0, 0.1) is 17.8 Å². The number of urea groups is 1. The van der Waals surface area contributed by atoms with Gasteiger partial charge in [0.25, 0.3) is 5.91 Å². The molecule has 6 heteroatoms. The van der Waals surface area contributed by atoms with Gasteiger partial charge in [-0.3, -0.25) is 14.6 Å². The van der Waals surface area contributed by atoms with Crippen LogP contribution in [0.1, 0.15) is 37.3 Å². The summed E-state index contributed by atoms with van der Waals surface area (Å²) in [5, 5.41) is 15.9. The molecule has 6 nitrogen and oxygen atoms in total. The molecule has 2 N–H and O–H groups in total. The van der Waals surface area contributed by atoms with Crippen LogP contribution >= 0.6 is 0 Å². The predicted molar refractivity (Wildman–Crippen MR) is 145 cm³/mol. The molecule has 1 unspecified atom stereocenters. The van der Waals surface area contributed by atoms with E-state index in [-0.39, 0.29) is 24.4 Å². The van der Waals surface area contributed by atoms with Crippen LogP contribution < -0.4 is 5.32 Å². The summed E-state index contributed by atoms with van der Waals surface area (Å²) in [5.41, 5.74) is 1.17. The van der Waals surface area contributed by atoms with E-state index in [1.807, 2.05) is 36.4 Å². The first-order chi connectivity index (χ1) is 18.0. The molecule has 0 bridgehead atoms. The molecule has 1 atom stereocenters. The Hall–Kier alpha value is -3.82. The van der Waals surface area contributed by atoms with Crippen LogP contribution in [0.25, 0.3) is 10.8 Å².